The minimum Gasteiger partial charge on any atom is -0.446 e. The summed E-state index contributed by atoms with van der Waals surface area (Å²) in [5.74, 6) is -1.35. The lowest BCUT2D eigenvalue weighted by molar-refractivity contribution is -0.126. The fraction of sp³-hybridized carbons (Fsp3) is 0.412. The van der Waals surface area contributed by atoms with Gasteiger partial charge in [-0.15, -0.1) is 5.10 Å². The Morgan fingerprint density at radius 1 is 1.25 bits per heavy atom. The third kappa shape index (κ3) is 3.98. The van der Waals surface area contributed by atoms with E-state index in [2.05, 4.69) is 15.4 Å². The van der Waals surface area contributed by atoms with E-state index < -0.39 is 12.1 Å². The summed E-state index contributed by atoms with van der Waals surface area (Å²) in [6.07, 6.45) is 0.471. The third-order valence-corrected chi connectivity index (χ3v) is 3.74. The van der Waals surface area contributed by atoms with Gasteiger partial charge < -0.3 is 10.1 Å². The van der Waals surface area contributed by atoms with Crippen LogP contribution >= 0.6 is 0 Å². The van der Waals surface area contributed by atoms with Crippen LogP contribution in [0, 0.1) is 19.8 Å². The predicted molar refractivity (Wildman–Crippen MR) is 89.6 cm³/mol. The van der Waals surface area contributed by atoms with Crippen LogP contribution in [0.2, 0.25) is 0 Å². The van der Waals surface area contributed by atoms with Crippen LogP contribution < -0.4 is 5.32 Å². The molecule has 0 bridgehead atoms. The first-order valence-corrected chi connectivity index (χ1v) is 7.73. The Morgan fingerprint density at radius 2 is 1.96 bits per heavy atom. The van der Waals surface area contributed by atoms with Crippen molar-refractivity contribution in [3.05, 3.63) is 41.5 Å². The molecule has 7 nitrogen and oxygen atoms in total. The van der Waals surface area contributed by atoms with Crippen molar-refractivity contribution in [2.24, 2.45) is 13.0 Å². The molecule has 128 valence electrons. The zero-order chi connectivity index (χ0) is 17.9. The van der Waals surface area contributed by atoms with Crippen molar-refractivity contribution in [1.82, 2.24) is 14.8 Å². The van der Waals surface area contributed by atoms with Crippen LogP contribution in [0.4, 0.5) is 5.69 Å². The van der Waals surface area contributed by atoms with Crippen molar-refractivity contribution < 1.29 is 14.3 Å². The molecule has 7 heteroatoms. The fourth-order valence-corrected chi connectivity index (χ4v) is 2.18. The van der Waals surface area contributed by atoms with E-state index >= 15 is 0 Å². The van der Waals surface area contributed by atoms with Crippen molar-refractivity contribution in [2.45, 2.75) is 33.8 Å². The highest BCUT2D eigenvalue weighted by atomic mass is 16.5. The van der Waals surface area contributed by atoms with Crippen molar-refractivity contribution >= 4 is 17.6 Å². The molecule has 0 saturated heterocycles. The van der Waals surface area contributed by atoms with Gasteiger partial charge in [-0.05, 0) is 37.0 Å². The number of esters is 1. The molecular formula is C17H22N4O3. The monoisotopic (exact) mass is 330 g/mol. The van der Waals surface area contributed by atoms with Crippen molar-refractivity contribution in [1.29, 1.82) is 0 Å². The topological polar surface area (TPSA) is 86.1 Å². The van der Waals surface area contributed by atoms with E-state index in [4.69, 9.17) is 4.74 Å². The van der Waals surface area contributed by atoms with Gasteiger partial charge in [0.15, 0.2) is 6.10 Å². The van der Waals surface area contributed by atoms with Gasteiger partial charge in [-0.1, -0.05) is 26.0 Å². The van der Waals surface area contributed by atoms with Crippen LogP contribution in [0.25, 0.3) is 0 Å². The summed E-state index contributed by atoms with van der Waals surface area (Å²) in [6, 6.07) is 5.66. The number of hydrogen-bond acceptors (Lipinski definition) is 5. The molecule has 1 atom stereocenters. The standard InChI is InChI=1S/C17H22N4O3/c1-10(2)14(24-17(23)15-18-9-21(5)20-15)16(22)19-13-8-6-7-11(3)12(13)4/h6-10,14H,1-5H3,(H,19,22). The molecule has 0 fully saturated rings. The SMILES string of the molecule is Cc1cccc(NC(=O)C(OC(=O)c2ncn(C)n2)C(C)C)c1C. The van der Waals surface area contributed by atoms with Gasteiger partial charge in [0.1, 0.15) is 6.33 Å². The van der Waals surface area contributed by atoms with Crippen LogP contribution in [-0.4, -0.2) is 32.7 Å². The largest absolute Gasteiger partial charge is 0.446 e. The van der Waals surface area contributed by atoms with E-state index in [1.165, 1.54) is 11.0 Å². The number of benzene rings is 1. The number of rotatable bonds is 5. The second-order valence-corrected chi connectivity index (χ2v) is 6.05. The molecular weight excluding hydrogens is 308 g/mol. The molecule has 0 saturated carbocycles. The smallest absolute Gasteiger partial charge is 0.379 e. The lowest BCUT2D eigenvalue weighted by Gasteiger charge is -2.21. The first-order valence-electron chi connectivity index (χ1n) is 7.73. The second kappa shape index (κ2) is 7.25. The number of hydrogen-bond donors (Lipinski definition) is 1. The molecule has 2 aromatic rings. The Bertz CT molecular complexity index is 752. The quantitative estimate of drug-likeness (QED) is 0.850. The molecule has 1 heterocycles. The Morgan fingerprint density at radius 3 is 2.54 bits per heavy atom. The zero-order valence-electron chi connectivity index (χ0n) is 14.5. The Labute approximate surface area is 141 Å². The zero-order valence-corrected chi connectivity index (χ0v) is 14.5. The van der Waals surface area contributed by atoms with Gasteiger partial charge in [0.2, 0.25) is 0 Å². The van der Waals surface area contributed by atoms with E-state index in [-0.39, 0.29) is 17.6 Å². The summed E-state index contributed by atoms with van der Waals surface area (Å²) in [5, 5.41) is 6.72. The number of carbonyl (C=O) groups is 2. The molecule has 0 aliphatic rings. The molecule has 2 rings (SSSR count). The lowest BCUT2D eigenvalue weighted by atomic mass is 10.0. The molecule has 24 heavy (non-hydrogen) atoms. The van der Waals surface area contributed by atoms with E-state index in [0.29, 0.717) is 5.69 Å². The molecule has 1 unspecified atom stereocenters. The molecule has 1 N–H and O–H groups in total. The summed E-state index contributed by atoms with van der Waals surface area (Å²) in [4.78, 5) is 28.5. The minimum atomic E-state index is -0.929. The predicted octanol–water partition coefficient (Wildman–Crippen LogP) is 2.25. The van der Waals surface area contributed by atoms with Gasteiger partial charge in [0.05, 0.1) is 0 Å². The van der Waals surface area contributed by atoms with Crippen LogP contribution in [0.3, 0.4) is 0 Å². The van der Waals surface area contributed by atoms with Crippen LogP contribution in [-0.2, 0) is 16.6 Å². The van der Waals surface area contributed by atoms with Crippen LogP contribution in [0.1, 0.15) is 35.6 Å². The number of aromatic nitrogens is 3. The highest BCUT2D eigenvalue weighted by Gasteiger charge is 2.28. The maximum atomic E-state index is 12.6. The first kappa shape index (κ1) is 17.7. The number of nitrogens with zero attached hydrogens (tertiary/aromatic N) is 3. The normalized spacial score (nSPS) is 12.1. The van der Waals surface area contributed by atoms with Crippen molar-refractivity contribution in [3.63, 3.8) is 0 Å². The number of anilines is 1. The summed E-state index contributed by atoms with van der Waals surface area (Å²) < 4.78 is 6.73. The number of carbonyl (C=O) groups excluding carboxylic acids is 2. The maximum absolute atomic E-state index is 12.6. The first-order chi connectivity index (χ1) is 11.3. The molecule has 0 aliphatic carbocycles. The van der Waals surface area contributed by atoms with Gasteiger partial charge in [-0.25, -0.2) is 9.78 Å². The highest BCUT2D eigenvalue weighted by Crippen LogP contribution is 2.20. The van der Waals surface area contributed by atoms with Gasteiger partial charge in [-0.3, -0.25) is 9.48 Å². The van der Waals surface area contributed by atoms with Gasteiger partial charge in [0.25, 0.3) is 11.7 Å². The average Bonchev–Trinajstić information content (AvgIpc) is 2.95. The molecule has 1 amide bonds. The summed E-state index contributed by atoms with van der Waals surface area (Å²) in [6.45, 7) is 7.52. The summed E-state index contributed by atoms with van der Waals surface area (Å²) in [7, 11) is 1.65. The average molecular weight is 330 g/mol. The Kier molecular flexibility index (Phi) is 5.33. The van der Waals surface area contributed by atoms with E-state index in [9.17, 15) is 9.59 Å². The fourth-order valence-electron chi connectivity index (χ4n) is 2.18. The Hall–Kier alpha value is -2.70. The van der Waals surface area contributed by atoms with Gasteiger partial charge in [-0.2, -0.15) is 0 Å². The molecule has 0 spiro atoms. The summed E-state index contributed by atoms with van der Waals surface area (Å²) >= 11 is 0. The number of ether oxygens (including phenoxy) is 1. The Balaban J connectivity index is 2.13. The van der Waals surface area contributed by atoms with E-state index in [0.717, 1.165) is 11.1 Å². The molecule has 1 aromatic carbocycles. The highest BCUT2D eigenvalue weighted by molar-refractivity contribution is 5.97. The van der Waals surface area contributed by atoms with Gasteiger partial charge in [0, 0.05) is 12.7 Å². The van der Waals surface area contributed by atoms with Crippen LogP contribution in [0.5, 0.6) is 0 Å². The molecule has 0 radical (unpaired) electrons. The van der Waals surface area contributed by atoms with E-state index in [1.54, 1.807) is 7.05 Å². The third-order valence-electron chi connectivity index (χ3n) is 3.74. The second-order valence-electron chi connectivity index (χ2n) is 6.05. The molecule has 0 aliphatic heterocycles. The van der Waals surface area contributed by atoms with E-state index in [1.807, 2.05) is 45.9 Å². The summed E-state index contributed by atoms with van der Waals surface area (Å²) in [5.41, 5.74) is 2.76. The van der Waals surface area contributed by atoms with Crippen molar-refractivity contribution in [3.8, 4) is 0 Å². The number of nitrogens with one attached hydrogen (secondary N) is 1. The lowest BCUT2D eigenvalue weighted by Crippen LogP contribution is -2.37. The maximum Gasteiger partial charge on any atom is 0.379 e. The number of amides is 1. The van der Waals surface area contributed by atoms with Crippen LogP contribution in [0.15, 0.2) is 24.5 Å². The van der Waals surface area contributed by atoms with Gasteiger partial charge >= 0.3 is 5.97 Å². The molecule has 1 aromatic heterocycles. The minimum absolute atomic E-state index is 0.0670. The van der Waals surface area contributed by atoms with Crippen molar-refractivity contribution in [2.75, 3.05) is 5.32 Å². The number of aryl methyl sites for hydroxylation is 2.